The van der Waals surface area contributed by atoms with Gasteiger partial charge in [-0.3, -0.25) is 0 Å². The predicted octanol–water partition coefficient (Wildman–Crippen LogP) is 0.0253. The van der Waals surface area contributed by atoms with Crippen molar-refractivity contribution in [2.24, 2.45) is 0 Å². The van der Waals surface area contributed by atoms with Crippen LogP contribution < -0.4 is 5.32 Å². The number of nitrogens with zero attached hydrogens (tertiary/aromatic N) is 3. The smallest absolute Gasteiger partial charge is 0.181 e. The van der Waals surface area contributed by atoms with Crippen molar-refractivity contribution in [1.29, 1.82) is 0 Å². The molecule has 2 rings (SSSR count). The first kappa shape index (κ1) is 11.3. The van der Waals surface area contributed by atoms with Crippen molar-refractivity contribution in [3.63, 3.8) is 0 Å². The number of fused-ring (bicyclic) bond motifs is 1. The molecule has 0 saturated carbocycles. The molecule has 0 spiro atoms. The van der Waals surface area contributed by atoms with Crippen LogP contribution in [0, 0.1) is 0 Å². The molecule has 0 aliphatic heterocycles. The molecule has 3 N–H and O–H groups in total. The van der Waals surface area contributed by atoms with Crippen LogP contribution in [0.4, 0.5) is 0 Å². The van der Waals surface area contributed by atoms with Gasteiger partial charge in [0, 0.05) is 12.3 Å². The highest BCUT2D eigenvalue weighted by Gasteiger charge is 2.09. The molecule has 0 bridgehead atoms. The molecule has 0 aliphatic carbocycles. The Bertz CT molecular complexity index is 460. The van der Waals surface area contributed by atoms with Gasteiger partial charge in [-0.15, -0.1) is 11.8 Å². The van der Waals surface area contributed by atoms with Gasteiger partial charge >= 0.3 is 0 Å². The molecule has 0 saturated heterocycles. The van der Waals surface area contributed by atoms with E-state index in [-0.39, 0.29) is 6.10 Å². The van der Waals surface area contributed by atoms with Crippen molar-refractivity contribution in [3.05, 3.63) is 12.7 Å². The number of aliphatic hydroxyl groups excluding tert-OH is 1. The first-order valence-corrected chi connectivity index (χ1v) is 5.89. The Morgan fingerprint density at radius 3 is 3.19 bits per heavy atom. The number of H-pyrrole nitrogens is 1. The number of rotatable bonds is 5. The summed E-state index contributed by atoms with van der Waals surface area (Å²) >= 11 is 1.49. The van der Waals surface area contributed by atoms with Crippen LogP contribution in [0.25, 0.3) is 11.2 Å². The first-order valence-electron chi connectivity index (χ1n) is 4.91. The molecule has 2 aromatic heterocycles. The van der Waals surface area contributed by atoms with Crippen molar-refractivity contribution in [2.45, 2.75) is 11.1 Å². The van der Waals surface area contributed by atoms with Gasteiger partial charge in [-0.2, -0.15) is 0 Å². The number of aromatic nitrogens is 4. The van der Waals surface area contributed by atoms with Gasteiger partial charge in [0.05, 0.1) is 12.4 Å². The molecule has 2 heterocycles. The molecule has 6 nitrogen and oxygen atoms in total. The normalized spacial score (nSPS) is 13.1. The van der Waals surface area contributed by atoms with Crippen LogP contribution in [-0.4, -0.2) is 50.5 Å². The summed E-state index contributed by atoms with van der Waals surface area (Å²) in [5, 5.41) is 13.3. The van der Waals surface area contributed by atoms with Gasteiger partial charge in [0.15, 0.2) is 5.65 Å². The van der Waals surface area contributed by atoms with Crippen molar-refractivity contribution >= 4 is 22.9 Å². The monoisotopic (exact) mass is 239 g/mol. The van der Waals surface area contributed by atoms with Crippen molar-refractivity contribution < 1.29 is 5.11 Å². The Morgan fingerprint density at radius 1 is 1.50 bits per heavy atom. The van der Waals surface area contributed by atoms with Gasteiger partial charge in [-0.1, -0.05) is 0 Å². The molecule has 2 aromatic rings. The van der Waals surface area contributed by atoms with Gasteiger partial charge in [0.1, 0.15) is 16.9 Å². The summed E-state index contributed by atoms with van der Waals surface area (Å²) in [5.74, 6) is 0.589. The number of hydrogen-bond acceptors (Lipinski definition) is 6. The van der Waals surface area contributed by atoms with Crippen LogP contribution in [0.1, 0.15) is 0 Å². The lowest BCUT2D eigenvalue weighted by molar-refractivity contribution is 0.199. The average molecular weight is 239 g/mol. The summed E-state index contributed by atoms with van der Waals surface area (Å²) in [4.78, 5) is 15.2. The van der Waals surface area contributed by atoms with Crippen LogP contribution in [0.5, 0.6) is 0 Å². The second-order valence-corrected chi connectivity index (χ2v) is 4.31. The first-order chi connectivity index (χ1) is 7.81. The maximum absolute atomic E-state index is 9.58. The third-order valence-electron chi connectivity index (χ3n) is 2.04. The SMILES string of the molecule is CNCC(O)CSc1ncnc2nc[nH]c12. The summed E-state index contributed by atoms with van der Waals surface area (Å²) in [7, 11) is 1.81. The Kier molecular flexibility index (Phi) is 3.70. The minimum Gasteiger partial charge on any atom is -0.391 e. The maximum Gasteiger partial charge on any atom is 0.181 e. The van der Waals surface area contributed by atoms with Gasteiger partial charge in [-0.25, -0.2) is 15.0 Å². The van der Waals surface area contributed by atoms with Gasteiger partial charge in [0.25, 0.3) is 0 Å². The Balaban J connectivity index is 2.06. The van der Waals surface area contributed by atoms with Crippen molar-refractivity contribution in [3.8, 4) is 0 Å². The van der Waals surface area contributed by atoms with E-state index in [0.29, 0.717) is 17.9 Å². The van der Waals surface area contributed by atoms with Gasteiger partial charge in [0.2, 0.25) is 0 Å². The quantitative estimate of drug-likeness (QED) is 0.504. The molecule has 1 atom stereocenters. The Morgan fingerprint density at radius 2 is 2.38 bits per heavy atom. The van der Waals surface area contributed by atoms with Crippen LogP contribution in [-0.2, 0) is 0 Å². The number of aromatic amines is 1. The molecule has 0 aromatic carbocycles. The number of aliphatic hydroxyl groups is 1. The third kappa shape index (κ3) is 2.49. The van der Waals surface area contributed by atoms with Crippen molar-refractivity contribution in [1.82, 2.24) is 25.3 Å². The second-order valence-electron chi connectivity index (χ2n) is 3.30. The summed E-state index contributed by atoms with van der Waals surface area (Å²) in [6.45, 7) is 0.574. The fourth-order valence-corrected chi connectivity index (χ4v) is 2.21. The highest BCUT2D eigenvalue weighted by molar-refractivity contribution is 7.99. The van der Waals surface area contributed by atoms with Crippen LogP contribution >= 0.6 is 11.8 Å². The lowest BCUT2D eigenvalue weighted by Crippen LogP contribution is -2.25. The van der Waals surface area contributed by atoms with E-state index in [4.69, 9.17) is 0 Å². The second kappa shape index (κ2) is 5.24. The zero-order chi connectivity index (χ0) is 11.4. The van der Waals surface area contributed by atoms with Crippen LogP contribution in [0.15, 0.2) is 17.7 Å². The molecule has 0 radical (unpaired) electrons. The predicted molar refractivity (Wildman–Crippen MR) is 62.3 cm³/mol. The molecular weight excluding hydrogens is 226 g/mol. The van der Waals surface area contributed by atoms with E-state index in [9.17, 15) is 5.11 Å². The molecule has 86 valence electrons. The van der Waals surface area contributed by atoms with E-state index >= 15 is 0 Å². The fraction of sp³-hybridized carbons (Fsp3) is 0.444. The number of nitrogens with one attached hydrogen (secondary N) is 2. The van der Waals surface area contributed by atoms with E-state index in [2.05, 4.69) is 25.3 Å². The highest BCUT2D eigenvalue weighted by Crippen LogP contribution is 2.22. The molecule has 16 heavy (non-hydrogen) atoms. The topological polar surface area (TPSA) is 86.7 Å². The van der Waals surface area contributed by atoms with E-state index < -0.39 is 0 Å². The summed E-state index contributed by atoms with van der Waals surface area (Å²) in [6.07, 6.45) is 2.69. The number of thioether (sulfide) groups is 1. The number of hydrogen-bond donors (Lipinski definition) is 3. The zero-order valence-electron chi connectivity index (χ0n) is 8.84. The molecular formula is C9H13N5OS. The highest BCUT2D eigenvalue weighted by atomic mass is 32.2. The molecule has 0 amide bonds. The molecule has 7 heteroatoms. The number of imidazole rings is 1. The minimum atomic E-state index is -0.386. The Hall–Kier alpha value is -1.18. The summed E-state index contributed by atoms with van der Waals surface area (Å²) in [5.41, 5.74) is 1.48. The summed E-state index contributed by atoms with van der Waals surface area (Å²) < 4.78 is 0. The van der Waals surface area contributed by atoms with Crippen LogP contribution in [0.2, 0.25) is 0 Å². The number of likely N-dealkylation sites (N-methyl/N-ethyl adjacent to an activating group) is 1. The summed E-state index contributed by atoms with van der Waals surface area (Å²) in [6, 6.07) is 0. The van der Waals surface area contributed by atoms with E-state index in [0.717, 1.165) is 10.5 Å². The third-order valence-corrected chi connectivity index (χ3v) is 3.17. The molecule has 0 aliphatic rings. The molecule has 1 unspecified atom stereocenters. The zero-order valence-corrected chi connectivity index (χ0v) is 9.66. The largest absolute Gasteiger partial charge is 0.391 e. The fourth-order valence-electron chi connectivity index (χ4n) is 1.32. The maximum atomic E-state index is 9.58. The standard InChI is InChI=1S/C9H13N5OS/c1-10-2-6(15)3-16-9-7-8(12-4-11-7)13-5-14-9/h4-6,10,15H,2-3H2,1H3,(H,11,12,13,14). The Labute approximate surface area is 96.9 Å². The van der Waals surface area contributed by atoms with Crippen molar-refractivity contribution in [2.75, 3.05) is 19.3 Å². The van der Waals surface area contributed by atoms with E-state index in [1.165, 1.54) is 18.1 Å². The van der Waals surface area contributed by atoms with E-state index in [1.54, 1.807) is 6.33 Å². The average Bonchev–Trinajstić information content (AvgIpc) is 2.75. The molecule has 0 fully saturated rings. The van der Waals surface area contributed by atoms with Gasteiger partial charge in [-0.05, 0) is 7.05 Å². The lowest BCUT2D eigenvalue weighted by Gasteiger charge is -2.08. The van der Waals surface area contributed by atoms with Gasteiger partial charge < -0.3 is 15.4 Å². The van der Waals surface area contributed by atoms with E-state index in [1.807, 2.05) is 7.05 Å². The minimum absolute atomic E-state index is 0.386. The van der Waals surface area contributed by atoms with Crippen LogP contribution in [0.3, 0.4) is 0 Å². The lowest BCUT2D eigenvalue weighted by atomic mass is 10.4.